The van der Waals surface area contributed by atoms with Crippen LogP contribution in [0.4, 0.5) is 0 Å². The van der Waals surface area contributed by atoms with Gasteiger partial charge in [0.1, 0.15) is 18.4 Å². The van der Waals surface area contributed by atoms with Crippen molar-refractivity contribution in [2.75, 3.05) is 20.3 Å². The lowest BCUT2D eigenvalue weighted by Gasteiger charge is -2.34. The predicted octanol–water partition coefficient (Wildman–Crippen LogP) is 2.36. The highest BCUT2D eigenvalue weighted by Gasteiger charge is 2.34. The van der Waals surface area contributed by atoms with Gasteiger partial charge < -0.3 is 19.5 Å². The molecule has 0 bridgehead atoms. The summed E-state index contributed by atoms with van der Waals surface area (Å²) in [6.45, 7) is 1.10. The summed E-state index contributed by atoms with van der Waals surface area (Å²) in [7, 11) is 1.59. The number of hydrogen-bond donors (Lipinski definition) is 1. The third-order valence-electron chi connectivity index (χ3n) is 4.43. The Morgan fingerprint density at radius 3 is 2.62 bits per heavy atom. The van der Waals surface area contributed by atoms with Crippen LogP contribution in [0.25, 0.3) is 0 Å². The molecule has 2 aromatic rings. The zero-order valence-electron chi connectivity index (χ0n) is 14.6. The third kappa shape index (κ3) is 3.86. The maximum atomic E-state index is 13.0. The van der Waals surface area contributed by atoms with Crippen LogP contribution in [-0.2, 0) is 22.5 Å². The van der Waals surface area contributed by atoms with Gasteiger partial charge in [0.25, 0.3) is 5.91 Å². The second kappa shape index (κ2) is 8.01. The second-order valence-corrected chi connectivity index (χ2v) is 6.13. The average molecular weight is 355 g/mol. The minimum Gasteiger partial charge on any atom is -0.491 e. The van der Waals surface area contributed by atoms with Gasteiger partial charge in [0, 0.05) is 25.6 Å². The van der Waals surface area contributed by atoms with E-state index in [1.165, 1.54) is 4.90 Å². The summed E-state index contributed by atoms with van der Waals surface area (Å²) in [5.74, 6) is -0.762. The van der Waals surface area contributed by atoms with E-state index in [0.717, 1.165) is 11.1 Å². The van der Waals surface area contributed by atoms with Gasteiger partial charge in [-0.05, 0) is 29.3 Å². The lowest BCUT2D eigenvalue weighted by Crippen LogP contribution is -2.48. The number of carbonyl (C=O) groups excluding carboxylic acids is 1. The number of carboxylic acids is 1. The van der Waals surface area contributed by atoms with E-state index in [0.29, 0.717) is 30.9 Å². The lowest BCUT2D eigenvalue weighted by molar-refractivity contribution is -0.142. The first kappa shape index (κ1) is 17.9. The predicted molar refractivity (Wildman–Crippen MR) is 95.3 cm³/mol. The van der Waals surface area contributed by atoms with Crippen LogP contribution in [0.1, 0.15) is 21.5 Å². The molecule has 0 radical (unpaired) electrons. The molecule has 0 saturated carbocycles. The van der Waals surface area contributed by atoms with Gasteiger partial charge in [-0.1, -0.05) is 30.3 Å². The van der Waals surface area contributed by atoms with Gasteiger partial charge in [-0.15, -0.1) is 0 Å². The first-order valence-electron chi connectivity index (χ1n) is 8.42. The van der Waals surface area contributed by atoms with Crippen molar-refractivity contribution in [3.63, 3.8) is 0 Å². The smallest absolute Gasteiger partial charge is 0.326 e. The van der Waals surface area contributed by atoms with Gasteiger partial charge in [0.05, 0.1) is 6.61 Å². The fourth-order valence-electron chi connectivity index (χ4n) is 3.08. The molecule has 0 spiro atoms. The van der Waals surface area contributed by atoms with Gasteiger partial charge in [-0.2, -0.15) is 0 Å². The lowest BCUT2D eigenvalue weighted by atomic mass is 9.93. The van der Waals surface area contributed by atoms with Crippen LogP contribution >= 0.6 is 0 Å². The highest BCUT2D eigenvalue weighted by molar-refractivity contribution is 5.97. The molecule has 1 aliphatic rings. The molecule has 0 aromatic heterocycles. The molecular formula is C20H21NO5. The molecular weight excluding hydrogens is 334 g/mol. The number of methoxy groups -OCH3 is 1. The molecule has 1 N–H and O–H groups in total. The topological polar surface area (TPSA) is 76.1 Å². The summed E-state index contributed by atoms with van der Waals surface area (Å²) in [6, 6.07) is 13.5. The standard InChI is InChI=1S/C20H21NO5/c1-25-9-10-26-17-8-4-7-15(11-17)19(22)21-13-16-6-3-2-5-14(16)12-18(21)20(23)24/h2-8,11,18H,9-10,12-13H2,1H3,(H,23,24)/t18-/m1/s1. The van der Waals surface area contributed by atoms with Crippen molar-refractivity contribution in [3.05, 3.63) is 65.2 Å². The SMILES string of the molecule is COCCOc1cccc(C(=O)N2Cc3ccccc3C[C@@H]2C(=O)O)c1. The molecule has 0 fully saturated rings. The number of ether oxygens (including phenoxy) is 2. The second-order valence-electron chi connectivity index (χ2n) is 6.13. The highest BCUT2D eigenvalue weighted by Crippen LogP contribution is 2.26. The van der Waals surface area contributed by atoms with Crippen molar-refractivity contribution < 1.29 is 24.2 Å². The Hall–Kier alpha value is -2.86. The molecule has 26 heavy (non-hydrogen) atoms. The summed E-state index contributed by atoms with van der Waals surface area (Å²) in [6.07, 6.45) is 0.307. The maximum absolute atomic E-state index is 13.0. The van der Waals surface area contributed by atoms with Crippen molar-refractivity contribution in [2.24, 2.45) is 0 Å². The highest BCUT2D eigenvalue weighted by atomic mass is 16.5. The van der Waals surface area contributed by atoms with Crippen molar-refractivity contribution >= 4 is 11.9 Å². The summed E-state index contributed by atoms with van der Waals surface area (Å²) in [5, 5.41) is 9.60. The summed E-state index contributed by atoms with van der Waals surface area (Å²) in [5.41, 5.74) is 2.36. The van der Waals surface area contributed by atoms with Crippen molar-refractivity contribution in [1.29, 1.82) is 0 Å². The summed E-state index contributed by atoms with van der Waals surface area (Å²) < 4.78 is 10.5. The quantitative estimate of drug-likeness (QED) is 0.805. The van der Waals surface area contributed by atoms with Crippen molar-refractivity contribution in [1.82, 2.24) is 4.90 Å². The van der Waals surface area contributed by atoms with E-state index in [1.807, 2.05) is 24.3 Å². The number of carbonyl (C=O) groups is 2. The number of amides is 1. The van der Waals surface area contributed by atoms with E-state index in [-0.39, 0.29) is 12.5 Å². The fourth-order valence-corrected chi connectivity index (χ4v) is 3.08. The molecule has 6 heteroatoms. The first-order valence-corrected chi connectivity index (χ1v) is 8.42. The minimum atomic E-state index is -1.000. The van der Waals surface area contributed by atoms with Gasteiger partial charge in [0.2, 0.25) is 0 Å². The molecule has 0 saturated heterocycles. The zero-order chi connectivity index (χ0) is 18.5. The summed E-state index contributed by atoms with van der Waals surface area (Å²) >= 11 is 0. The Morgan fingerprint density at radius 1 is 1.12 bits per heavy atom. The Balaban J connectivity index is 1.83. The molecule has 0 aliphatic carbocycles. The molecule has 0 unspecified atom stereocenters. The normalized spacial score (nSPS) is 16.0. The van der Waals surface area contributed by atoms with Gasteiger partial charge in [-0.25, -0.2) is 4.79 Å². The Labute approximate surface area is 152 Å². The number of benzene rings is 2. The minimum absolute atomic E-state index is 0.279. The monoisotopic (exact) mass is 355 g/mol. The Morgan fingerprint density at radius 2 is 1.88 bits per heavy atom. The van der Waals surface area contributed by atoms with Crippen LogP contribution in [0.5, 0.6) is 5.75 Å². The zero-order valence-corrected chi connectivity index (χ0v) is 14.6. The van der Waals surface area contributed by atoms with Crippen LogP contribution in [0.3, 0.4) is 0 Å². The van der Waals surface area contributed by atoms with E-state index in [1.54, 1.807) is 31.4 Å². The molecule has 3 rings (SSSR count). The molecule has 2 aromatic carbocycles. The van der Waals surface area contributed by atoms with E-state index in [2.05, 4.69) is 0 Å². The molecule has 1 amide bonds. The number of aliphatic carboxylic acids is 1. The van der Waals surface area contributed by atoms with Gasteiger partial charge in [-0.3, -0.25) is 4.79 Å². The van der Waals surface area contributed by atoms with Crippen LogP contribution in [0, 0.1) is 0 Å². The van der Waals surface area contributed by atoms with Crippen molar-refractivity contribution in [2.45, 2.75) is 19.0 Å². The number of fused-ring (bicyclic) bond motifs is 1. The summed E-state index contributed by atoms with van der Waals surface area (Å²) in [4.78, 5) is 26.1. The Kier molecular flexibility index (Phi) is 5.53. The molecule has 1 heterocycles. The number of rotatable bonds is 6. The fraction of sp³-hybridized carbons (Fsp3) is 0.300. The Bertz CT molecular complexity index is 804. The largest absolute Gasteiger partial charge is 0.491 e. The number of carboxylic acid groups (broad SMARTS) is 1. The van der Waals surface area contributed by atoms with Crippen LogP contribution < -0.4 is 4.74 Å². The molecule has 1 aliphatic heterocycles. The third-order valence-corrected chi connectivity index (χ3v) is 4.43. The molecule has 6 nitrogen and oxygen atoms in total. The van der Waals surface area contributed by atoms with Crippen LogP contribution in [-0.4, -0.2) is 48.2 Å². The van der Waals surface area contributed by atoms with Gasteiger partial charge in [0.15, 0.2) is 0 Å². The first-order chi connectivity index (χ1) is 12.6. The van der Waals surface area contributed by atoms with Gasteiger partial charge >= 0.3 is 5.97 Å². The van der Waals surface area contributed by atoms with E-state index < -0.39 is 12.0 Å². The maximum Gasteiger partial charge on any atom is 0.326 e. The molecule has 1 atom stereocenters. The average Bonchev–Trinajstić information content (AvgIpc) is 2.66. The van der Waals surface area contributed by atoms with E-state index >= 15 is 0 Å². The molecule has 136 valence electrons. The van der Waals surface area contributed by atoms with Crippen LogP contribution in [0.2, 0.25) is 0 Å². The van der Waals surface area contributed by atoms with E-state index in [9.17, 15) is 14.7 Å². The number of hydrogen-bond acceptors (Lipinski definition) is 4. The number of nitrogens with zero attached hydrogens (tertiary/aromatic N) is 1. The van der Waals surface area contributed by atoms with E-state index in [4.69, 9.17) is 9.47 Å². The van der Waals surface area contributed by atoms with Crippen LogP contribution in [0.15, 0.2) is 48.5 Å². The van der Waals surface area contributed by atoms with Crippen molar-refractivity contribution in [3.8, 4) is 5.75 Å².